The van der Waals surface area contributed by atoms with Crippen molar-refractivity contribution in [2.45, 2.75) is 12.5 Å². The second-order valence-electron chi connectivity index (χ2n) is 6.86. The molecule has 0 saturated heterocycles. The van der Waals surface area contributed by atoms with Gasteiger partial charge in [0, 0.05) is 12.5 Å². The molecule has 0 fully saturated rings. The first-order chi connectivity index (χ1) is 14.1. The fourth-order valence-electron chi connectivity index (χ4n) is 3.27. The van der Waals surface area contributed by atoms with Gasteiger partial charge < -0.3 is 15.2 Å². The van der Waals surface area contributed by atoms with Gasteiger partial charge in [-0.05, 0) is 40.5 Å². The maximum Gasteiger partial charge on any atom is 0.328 e. The maximum atomic E-state index is 10.6. The SMILES string of the molecule is O=C(O)/C=C/c1ccc(Cc2nc3ccc(C(O)c4ccccc4)cc3[nH]2)cc1. The predicted octanol–water partition coefficient (Wildman–Crippen LogP) is 4.33. The number of aliphatic carboxylic acids is 1. The summed E-state index contributed by atoms with van der Waals surface area (Å²) in [7, 11) is 0. The molecule has 0 radical (unpaired) electrons. The Morgan fingerprint density at radius 1 is 1.00 bits per heavy atom. The second-order valence-corrected chi connectivity index (χ2v) is 6.86. The van der Waals surface area contributed by atoms with Gasteiger partial charge in [-0.25, -0.2) is 9.78 Å². The molecule has 0 saturated carbocycles. The van der Waals surface area contributed by atoms with Crippen molar-refractivity contribution in [3.05, 3.63) is 107 Å². The van der Waals surface area contributed by atoms with Gasteiger partial charge in [-0.2, -0.15) is 0 Å². The van der Waals surface area contributed by atoms with Crippen molar-refractivity contribution in [1.82, 2.24) is 9.97 Å². The molecule has 144 valence electrons. The van der Waals surface area contributed by atoms with Crippen LogP contribution in [0.4, 0.5) is 0 Å². The summed E-state index contributed by atoms with van der Waals surface area (Å²) < 4.78 is 0. The smallest absolute Gasteiger partial charge is 0.328 e. The molecule has 1 heterocycles. The molecule has 0 bridgehead atoms. The van der Waals surface area contributed by atoms with Crippen molar-refractivity contribution < 1.29 is 15.0 Å². The van der Waals surface area contributed by atoms with Crippen LogP contribution in [0.1, 0.15) is 34.2 Å². The molecule has 4 rings (SSSR count). The lowest BCUT2D eigenvalue weighted by Crippen LogP contribution is -1.98. The number of carbonyl (C=O) groups is 1. The van der Waals surface area contributed by atoms with Crippen LogP contribution in [-0.2, 0) is 11.2 Å². The molecule has 0 spiro atoms. The van der Waals surface area contributed by atoms with E-state index in [9.17, 15) is 9.90 Å². The number of carboxylic acid groups (broad SMARTS) is 1. The number of H-pyrrole nitrogens is 1. The van der Waals surface area contributed by atoms with Gasteiger partial charge in [-0.15, -0.1) is 0 Å². The van der Waals surface area contributed by atoms with Crippen LogP contribution in [0.15, 0.2) is 78.9 Å². The van der Waals surface area contributed by atoms with Crippen LogP contribution in [0.25, 0.3) is 17.1 Å². The number of nitrogens with zero attached hydrogens (tertiary/aromatic N) is 1. The van der Waals surface area contributed by atoms with Crippen molar-refractivity contribution >= 4 is 23.1 Å². The predicted molar refractivity (Wildman–Crippen MR) is 113 cm³/mol. The van der Waals surface area contributed by atoms with Gasteiger partial charge in [0.15, 0.2) is 0 Å². The molecular weight excluding hydrogens is 364 g/mol. The lowest BCUT2D eigenvalue weighted by molar-refractivity contribution is -0.131. The summed E-state index contributed by atoms with van der Waals surface area (Å²) in [4.78, 5) is 18.6. The molecule has 0 aliphatic carbocycles. The number of benzene rings is 3. The van der Waals surface area contributed by atoms with Crippen LogP contribution in [-0.4, -0.2) is 26.2 Å². The van der Waals surface area contributed by atoms with Gasteiger partial charge in [0.05, 0.1) is 11.0 Å². The quantitative estimate of drug-likeness (QED) is 0.432. The molecular formula is C24H20N2O3. The molecule has 1 aromatic heterocycles. The molecule has 0 aliphatic heterocycles. The van der Waals surface area contributed by atoms with Crippen LogP contribution in [0, 0.1) is 0 Å². The molecule has 4 aromatic rings. The molecule has 1 unspecified atom stereocenters. The summed E-state index contributed by atoms with van der Waals surface area (Å²) in [5.74, 6) is -0.131. The van der Waals surface area contributed by atoms with E-state index in [2.05, 4.69) is 9.97 Å². The minimum absolute atomic E-state index is 0.633. The molecule has 3 aromatic carbocycles. The van der Waals surface area contributed by atoms with E-state index in [0.717, 1.165) is 45.2 Å². The first-order valence-electron chi connectivity index (χ1n) is 9.30. The zero-order valence-corrected chi connectivity index (χ0v) is 15.6. The van der Waals surface area contributed by atoms with E-state index in [1.165, 1.54) is 0 Å². The van der Waals surface area contributed by atoms with E-state index in [1.54, 1.807) is 6.08 Å². The second kappa shape index (κ2) is 8.12. The zero-order chi connectivity index (χ0) is 20.2. The number of aliphatic hydroxyl groups excluding tert-OH is 1. The fraction of sp³-hybridized carbons (Fsp3) is 0.0833. The van der Waals surface area contributed by atoms with E-state index < -0.39 is 12.1 Å². The van der Waals surface area contributed by atoms with Crippen molar-refractivity contribution in [1.29, 1.82) is 0 Å². The van der Waals surface area contributed by atoms with Gasteiger partial charge in [0.1, 0.15) is 11.9 Å². The van der Waals surface area contributed by atoms with Crippen LogP contribution in [0.2, 0.25) is 0 Å². The van der Waals surface area contributed by atoms with E-state index in [4.69, 9.17) is 5.11 Å². The molecule has 0 amide bonds. The van der Waals surface area contributed by atoms with Gasteiger partial charge in [0.2, 0.25) is 0 Å². The first-order valence-corrected chi connectivity index (χ1v) is 9.30. The maximum absolute atomic E-state index is 10.6. The number of aromatic amines is 1. The van der Waals surface area contributed by atoms with E-state index in [-0.39, 0.29) is 0 Å². The van der Waals surface area contributed by atoms with Crippen molar-refractivity contribution in [3.8, 4) is 0 Å². The molecule has 5 nitrogen and oxygen atoms in total. The van der Waals surface area contributed by atoms with Gasteiger partial charge in [0.25, 0.3) is 0 Å². The summed E-state index contributed by atoms with van der Waals surface area (Å²) in [5, 5.41) is 19.3. The van der Waals surface area contributed by atoms with Gasteiger partial charge in [-0.3, -0.25) is 0 Å². The lowest BCUT2D eigenvalue weighted by atomic mass is 10.0. The highest BCUT2D eigenvalue weighted by Gasteiger charge is 2.12. The summed E-state index contributed by atoms with van der Waals surface area (Å²) in [6, 6.07) is 23.0. The average Bonchev–Trinajstić information content (AvgIpc) is 3.14. The lowest BCUT2D eigenvalue weighted by Gasteiger charge is -2.11. The normalized spacial score (nSPS) is 12.4. The highest BCUT2D eigenvalue weighted by atomic mass is 16.4. The number of imidazole rings is 1. The Hall–Kier alpha value is -3.70. The number of fused-ring (bicyclic) bond motifs is 1. The number of carboxylic acids is 1. The molecule has 5 heteroatoms. The summed E-state index contributed by atoms with van der Waals surface area (Å²) >= 11 is 0. The average molecular weight is 384 g/mol. The van der Waals surface area contributed by atoms with Crippen molar-refractivity contribution in [2.24, 2.45) is 0 Å². The van der Waals surface area contributed by atoms with Crippen LogP contribution in [0.5, 0.6) is 0 Å². The van der Waals surface area contributed by atoms with Gasteiger partial charge >= 0.3 is 5.97 Å². The van der Waals surface area contributed by atoms with Crippen LogP contribution < -0.4 is 0 Å². The van der Waals surface area contributed by atoms with Crippen molar-refractivity contribution in [3.63, 3.8) is 0 Å². The molecule has 1 atom stereocenters. The summed E-state index contributed by atoms with van der Waals surface area (Å²) in [6.45, 7) is 0. The molecule has 3 N–H and O–H groups in total. The van der Waals surface area contributed by atoms with E-state index >= 15 is 0 Å². The number of rotatable bonds is 6. The minimum atomic E-state index is -0.965. The fourth-order valence-corrected chi connectivity index (χ4v) is 3.27. The Kier molecular flexibility index (Phi) is 5.22. The Bertz CT molecular complexity index is 1160. The minimum Gasteiger partial charge on any atom is -0.478 e. The Morgan fingerprint density at radius 2 is 1.76 bits per heavy atom. The highest BCUT2D eigenvalue weighted by Crippen LogP contribution is 2.25. The number of hydrogen-bond donors (Lipinski definition) is 3. The zero-order valence-electron chi connectivity index (χ0n) is 15.6. The monoisotopic (exact) mass is 384 g/mol. The van der Waals surface area contributed by atoms with E-state index in [0.29, 0.717) is 6.42 Å². The third kappa shape index (κ3) is 4.42. The van der Waals surface area contributed by atoms with Gasteiger partial charge in [-0.1, -0.05) is 60.7 Å². The number of nitrogens with one attached hydrogen (secondary N) is 1. The number of hydrogen-bond acceptors (Lipinski definition) is 3. The van der Waals surface area contributed by atoms with Crippen LogP contribution >= 0.6 is 0 Å². The third-order valence-corrected chi connectivity index (χ3v) is 4.76. The summed E-state index contributed by atoms with van der Waals surface area (Å²) in [5.41, 5.74) is 5.30. The molecule has 0 aliphatic rings. The number of aromatic nitrogens is 2. The van der Waals surface area contributed by atoms with E-state index in [1.807, 2.05) is 72.8 Å². The van der Waals surface area contributed by atoms with Crippen LogP contribution in [0.3, 0.4) is 0 Å². The summed E-state index contributed by atoms with van der Waals surface area (Å²) in [6.07, 6.45) is 2.63. The Morgan fingerprint density at radius 3 is 2.48 bits per heavy atom. The Labute approximate surface area is 168 Å². The first kappa shape index (κ1) is 18.7. The Balaban J connectivity index is 1.53. The highest BCUT2D eigenvalue weighted by molar-refractivity contribution is 5.85. The number of aliphatic hydroxyl groups is 1. The molecule has 29 heavy (non-hydrogen) atoms. The van der Waals surface area contributed by atoms with Crippen molar-refractivity contribution in [2.75, 3.05) is 0 Å². The standard InChI is InChI=1S/C24H20N2O3/c27-23(28)13-10-16-6-8-17(9-7-16)14-22-25-20-12-11-19(15-21(20)26-22)24(29)18-4-2-1-3-5-18/h1-13,15,24,29H,14H2,(H,25,26)(H,27,28)/b13-10+. The topological polar surface area (TPSA) is 86.2 Å². The largest absolute Gasteiger partial charge is 0.478 e. The third-order valence-electron chi connectivity index (χ3n) is 4.76.